The predicted octanol–water partition coefficient (Wildman–Crippen LogP) is 1.23. The number of phenols is 1. The number of aryl methyl sites for hydroxylation is 1. The van der Waals surface area contributed by atoms with Crippen LogP contribution in [0.25, 0.3) is 0 Å². The van der Waals surface area contributed by atoms with E-state index < -0.39 is 23.1 Å². The minimum atomic E-state index is -1.98. The van der Waals surface area contributed by atoms with Gasteiger partial charge in [0.25, 0.3) is 5.60 Å². The summed E-state index contributed by atoms with van der Waals surface area (Å²) in [6.07, 6.45) is 2.04. The maximum Gasteiger partial charge on any atom is 0.338 e. The van der Waals surface area contributed by atoms with Gasteiger partial charge in [0.1, 0.15) is 22.6 Å². The molecule has 2 aliphatic rings. The highest BCUT2D eigenvalue weighted by atomic mass is 16.6. The molecule has 0 saturated carbocycles. The molecule has 24 heavy (non-hydrogen) atoms. The van der Waals surface area contributed by atoms with E-state index in [0.29, 0.717) is 5.56 Å². The highest BCUT2D eigenvalue weighted by Gasteiger charge is 2.60. The average molecular weight is 330 g/mol. The van der Waals surface area contributed by atoms with Crippen LogP contribution in [0, 0.1) is 6.92 Å². The fourth-order valence-corrected chi connectivity index (χ4v) is 2.93. The minimum absolute atomic E-state index is 0.0762. The topological polar surface area (TPSA) is 99.1 Å². The van der Waals surface area contributed by atoms with Gasteiger partial charge in [-0.2, -0.15) is 0 Å². The summed E-state index contributed by atoms with van der Waals surface area (Å²) in [7, 11) is 2.38. The number of ketones is 2. The summed E-state index contributed by atoms with van der Waals surface area (Å²) in [5.41, 5.74) is -1.70. The largest absolute Gasteiger partial charge is 0.507 e. The van der Waals surface area contributed by atoms with E-state index in [1.54, 1.807) is 13.0 Å². The monoisotopic (exact) mass is 330 g/mol. The Hall–Kier alpha value is -3.09. The van der Waals surface area contributed by atoms with E-state index >= 15 is 0 Å². The van der Waals surface area contributed by atoms with Gasteiger partial charge in [-0.15, -0.1) is 0 Å². The van der Waals surface area contributed by atoms with Gasteiger partial charge in [0.2, 0.25) is 5.78 Å². The van der Waals surface area contributed by atoms with Gasteiger partial charge in [-0.1, -0.05) is 0 Å². The molecule has 1 spiro atoms. The highest BCUT2D eigenvalue weighted by molar-refractivity contribution is 6.21. The lowest BCUT2D eigenvalue weighted by atomic mass is 9.81. The van der Waals surface area contributed by atoms with Gasteiger partial charge in [0.05, 0.1) is 14.2 Å². The van der Waals surface area contributed by atoms with Crippen molar-refractivity contribution >= 4 is 17.5 Å². The summed E-state index contributed by atoms with van der Waals surface area (Å²) < 4.78 is 15.6. The van der Waals surface area contributed by atoms with E-state index in [4.69, 9.17) is 9.47 Å². The zero-order chi connectivity index (χ0) is 17.6. The summed E-state index contributed by atoms with van der Waals surface area (Å²) in [4.78, 5) is 37.1. The van der Waals surface area contributed by atoms with Crippen LogP contribution in [-0.4, -0.2) is 42.5 Å². The zero-order valence-electron chi connectivity index (χ0n) is 13.2. The Bertz CT molecular complexity index is 847. The number of Topliss-reactive ketones (excluding diaryl/α,β-unsaturated/α-hetero) is 1. The van der Waals surface area contributed by atoms with Crippen LogP contribution >= 0.6 is 0 Å². The number of rotatable bonds is 2. The number of fused-ring (bicyclic) bond motifs is 1. The summed E-state index contributed by atoms with van der Waals surface area (Å²) in [6.45, 7) is 1.72. The van der Waals surface area contributed by atoms with E-state index in [9.17, 15) is 19.5 Å². The van der Waals surface area contributed by atoms with E-state index in [1.165, 1.54) is 13.2 Å². The Morgan fingerprint density at radius 3 is 2.54 bits per heavy atom. The maximum absolute atomic E-state index is 13.0. The third-order valence-corrected chi connectivity index (χ3v) is 3.95. The third kappa shape index (κ3) is 1.94. The van der Waals surface area contributed by atoms with Crippen LogP contribution in [0.3, 0.4) is 0 Å². The lowest BCUT2D eigenvalue weighted by Gasteiger charge is -2.31. The van der Waals surface area contributed by atoms with E-state index in [0.717, 1.165) is 19.3 Å². The van der Waals surface area contributed by atoms with Crippen molar-refractivity contribution in [2.45, 2.75) is 12.5 Å². The second-order valence-corrected chi connectivity index (χ2v) is 5.43. The van der Waals surface area contributed by atoms with Gasteiger partial charge >= 0.3 is 5.97 Å². The molecule has 1 aromatic carbocycles. The third-order valence-electron chi connectivity index (χ3n) is 3.95. The number of phenolic OH excluding ortho intramolecular Hbond substituents is 1. The van der Waals surface area contributed by atoms with Gasteiger partial charge in [-0.05, 0) is 24.6 Å². The fraction of sp³-hybridized carbons (Fsp3) is 0.235. The number of methoxy groups -OCH3 is 2. The lowest BCUT2D eigenvalue weighted by molar-refractivity contribution is -0.138. The SMILES string of the molecule is COC(=O)C1=CC(=O)C=C(OC)[C@]12Oc1cc(C)cc(O)c1C2=O. The van der Waals surface area contributed by atoms with Crippen molar-refractivity contribution in [1.29, 1.82) is 0 Å². The van der Waals surface area contributed by atoms with Crippen molar-refractivity contribution in [2.24, 2.45) is 0 Å². The quantitative estimate of drug-likeness (QED) is 0.814. The van der Waals surface area contributed by atoms with Crippen LogP contribution < -0.4 is 4.74 Å². The van der Waals surface area contributed by atoms with Crippen LogP contribution in [0.2, 0.25) is 0 Å². The van der Waals surface area contributed by atoms with E-state index in [2.05, 4.69) is 4.74 Å². The second-order valence-electron chi connectivity index (χ2n) is 5.43. The Kier molecular flexibility index (Phi) is 3.44. The maximum atomic E-state index is 13.0. The summed E-state index contributed by atoms with van der Waals surface area (Å²) in [6, 6.07) is 2.96. The smallest absolute Gasteiger partial charge is 0.338 e. The molecule has 7 heteroatoms. The minimum Gasteiger partial charge on any atom is -0.507 e. The number of benzene rings is 1. The molecule has 1 atom stereocenters. The molecule has 3 rings (SSSR count). The Labute approximate surface area is 137 Å². The Morgan fingerprint density at radius 2 is 1.92 bits per heavy atom. The van der Waals surface area contributed by atoms with Crippen molar-refractivity contribution in [1.82, 2.24) is 0 Å². The molecule has 0 fully saturated rings. The number of hydrogen-bond acceptors (Lipinski definition) is 7. The van der Waals surface area contributed by atoms with Crippen LogP contribution in [0.15, 0.2) is 35.6 Å². The van der Waals surface area contributed by atoms with Crippen LogP contribution in [0.1, 0.15) is 15.9 Å². The molecule has 1 heterocycles. The molecule has 0 radical (unpaired) electrons. The number of allylic oxidation sites excluding steroid dienone is 2. The molecule has 0 amide bonds. The molecule has 0 aromatic heterocycles. The normalized spacial score (nSPS) is 21.8. The van der Waals surface area contributed by atoms with Gasteiger partial charge in [0.15, 0.2) is 11.5 Å². The van der Waals surface area contributed by atoms with Gasteiger partial charge in [0, 0.05) is 12.2 Å². The Morgan fingerprint density at radius 1 is 1.21 bits per heavy atom. The first-order valence-electron chi connectivity index (χ1n) is 7.03. The van der Waals surface area contributed by atoms with E-state index in [1.807, 2.05) is 0 Å². The number of ether oxygens (including phenoxy) is 3. The van der Waals surface area contributed by atoms with E-state index in [-0.39, 0.29) is 28.4 Å². The molecule has 1 aliphatic heterocycles. The summed E-state index contributed by atoms with van der Waals surface area (Å²) in [5, 5.41) is 10.1. The molecule has 0 saturated heterocycles. The van der Waals surface area contributed by atoms with Gasteiger partial charge < -0.3 is 19.3 Å². The lowest BCUT2D eigenvalue weighted by Crippen LogP contribution is -2.49. The number of aromatic hydroxyl groups is 1. The summed E-state index contributed by atoms with van der Waals surface area (Å²) in [5.74, 6) is -2.46. The predicted molar refractivity (Wildman–Crippen MR) is 80.7 cm³/mol. The molecular weight excluding hydrogens is 316 g/mol. The van der Waals surface area contributed by atoms with Crippen LogP contribution in [0.4, 0.5) is 0 Å². The molecule has 124 valence electrons. The fourth-order valence-electron chi connectivity index (χ4n) is 2.93. The van der Waals surface area contributed by atoms with Crippen LogP contribution in [0.5, 0.6) is 11.5 Å². The molecule has 1 N–H and O–H groups in total. The average Bonchev–Trinajstić information content (AvgIpc) is 2.82. The first kappa shape index (κ1) is 15.8. The molecule has 0 unspecified atom stereocenters. The molecular formula is C17H14O7. The first-order valence-corrected chi connectivity index (χ1v) is 7.03. The van der Waals surface area contributed by atoms with Crippen molar-refractivity contribution in [3.05, 3.63) is 46.7 Å². The second kappa shape index (κ2) is 5.23. The number of carbonyl (C=O) groups is 3. The van der Waals surface area contributed by atoms with Crippen molar-refractivity contribution < 1.29 is 33.7 Å². The molecule has 1 aliphatic carbocycles. The number of carbonyl (C=O) groups excluding carboxylic acids is 3. The zero-order valence-corrected chi connectivity index (χ0v) is 13.2. The van der Waals surface area contributed by atoms with Crippen molar-refractivity contribution in [3.63, 3.8) is 0 Å². The van der Waals surface area contributed by atoms with Crippen LogP contribution in [-0.2, 0) is 19.1 Å². The summed E-state index contributed by atoms with van der Waals surface area (Å²) >= 11 is 0. The Balaban J connectivity index is 2.27. The molecule has 0 bridgehead atoms. The van der Waals surface area contributed by atoms with Gasteiger partial charge in [-0.25, -0.2) is 4.79 Å². The first-order chi connectivity index (χ1) is 11.3. The number of esters is 1. The standard InChI is InChI=1S/C17H14O7/c1-8-4-11(19)14-12(5-8)24-17(15(14)20)10(16(21)23-3)6-9(18)7-13(17)22-2/h4-7,19H,1-3H3/t17-/m1/s1. The van der Waals surface area contributed by atoms with Crippen molar-refractivity contribution in [2.75, 3.05) is 14.2 Å². The number of hydrogen-bond donors (Lipinski definition) is 1. The van der Waals surface area contributed by atoms with Crippen molar-refractivity contribution in [3.8, 4) is 11.5 Å². The molecule has 1 aromatic rings. The molecule has 7 nitrogen and oxygen atoms in total. The van der Waals surface area contributed by atoms with Gasteiger partial charge in [-0.3, -0.25) is 9.59 Å². The highest BCUT2D eigenvalue weighted by Crippen LogP contribution is 2.48.